The van der Waals surface area contributed by atoms with Gasteiger partial charge in [0.2, 0.25) is 0 Å². The molecule has 4 aliphatic carbocycles. The average molecular weight is 398 g/mol. The first kappa shape index (κ1) is 20.2. The Balaban J connectivity index is 1.59. The molecule has 29 heavy (non-hydrogen) atoms. The number of carbonyl (C=O) groups is 4. The Kier molecular flexibility index (Phi) is 4.91. The molecule has 0 amide bonds. The highest BCUT2D eigenvalue weighted by Crippen LogP contribution is 2.64. The van der Waals surface area contributed by atoms with Crippen LogP contribution in [-0.4, -0.2) is 29.9 Å². The molecular formula is C24H30O5. The molecule has 156 valence electrons. The lowest BCUT2D eigenvalue weighted by Gasteiger charge is -2.55. The highest BCUT2D eigenvalue weighted by atomic mass is 16.5. The molecule has 3 fully saturated rings. The lowest BCUT2D eigenvalue weighted by Crippen LogP contribution is -2.54. The van der Waals surface area contributed by atoms with Gasteiger partial charge in [-0.2, -0.15) is 0 Å². The summed E-state index contributed by atoms with van der Waals surface area (Å²) in [5.41, 5.74) is 0.341. The van der Waals surface area contributed by atoms with Gasteiger partial charge in [-0.3, -0.25) is 19.2 Å². The number of carbonyl (C=O) groups excluding carboxylic acids is 4. The van der Waals surface area contributed by atoms with E-state index >= 15 is 0 Å². The molecule has 0 aromatic heterocycles. The predicted octanol–water partition coefficient (Wildman–Crippen LogP) is 3.61. The molecule has 0 aromatic rings. The number of ketones is 3. The number of ether oxygens (including phenoxy) is 1. The maximum absolute atomic E-state index is 13.5. The summed E-state index contributed by atoms with van der Waals surface area (Å²) in [6.45, 7) is 5.72. The predicted molar refractivity (Wildman–Crippen MR) is 107 cm³/mol. The fourth-order valence-electron chi connectivity index (χ4n) is 6.91. The van der Waals surface area contributed by atoms with Crippen LogP contribution in [0.15, 0.2) is 23.8 Å². The molecule has 5 heteroatoms. The van der Waals surface area contributed by atoms with Gasteiger partial charge in [-0.05, 0) is 55.1 Å². The van der Waals surface area contributed by atoms with Crippen LogP contribution in [0.1, 0.15) is 59.3 Å². The Hall–Kier alpha value is -2.04. The van der Waals surface area contributed by atoms with E-state index in [-0.39, 0.29) is 64.9 Å². The Labute approximate surface area is 171 Å². The first-order valence-corrected chi connectivity index (χ1v) is 10.9. The molecule has 0 saturated heterocycles. The van der Waals surface area contributed by atoms with Crippen molar-refractivity contribution in [3.05, 3.63) is 23.8 Å². The zero-order valence-electron chi connectivity index (χ0n) is 17.5. The normalized spacial score (nSPS) is 40.6. The highest BCUT2D eigenvalue weighted by molar-refractivity contribution is 6.02. The van der Waals surface area contributed by atoms with E-state index in [0.29, 0.717) is 12.3 Å². The molecule has 0 N–H and O–H groups in total. The standard InChI is InChI=1S/C24H30O5/c1-4-21(28)29-13-20(27)18-8-7-17-16-6-5-14-11-15(25)9-10-23(14,2)22(16)19(26)12-24(17,18)3/h9-11,16-18,22H,4-8,12-13H2,1-3H3. The van der Waals surface area contributed by atoms with Gasteiger partial charge in [-0.25, -0.2) is 0 Å². The van der Waals surface area contributed by atoms with E-state index in [1.165, 1.54) is 0 Å². The van der Waals surface area contributed by atoms with Crippen molar-refractivity contribution in [1.29, 1.82) is 0 Å². The SMILES string of the molecule is CCC(=O)OCC(=O)C1CCC2C3CCC4=CC(=O)C=CC4(C)C3C(=O)CC12C. The van der Waals surface area contributed by atoms with Crippen LogP contribution in [0.5, 0.6) is 0 Å². The van der Waals surface area contributed by atoms with Crippen molar-refractivity contribution in [3.63, 3.8) is 0 Å². The van der Waals surface area contributed by atoms with Crippen LogP contribution in [0, 0.1) is 34.5 Å². The smallest absolute Gasteiger partial charge is 0.305 e. The number of rotatable bonds is 4. The maximum atomic E-state index is 13.5. The van der Waals surface area contributed by atoms with Gasteiger partial charge < -0.3 is 4.74 Å². The number of hydrogen-bond donors (Lipinski definition) is 0. The van der Waals surface area contributed by atoms with Crippen molar-refractivity contribution < 1.29 is 23.9 Å². The zero-order valence-corrected chi connectivity index (χ0v) is 17.5. The molecule has 4 aliphatic rings. The third-order valence-electron chi connectivity index (χ3n) is 8.30. The van der Waals surface area contributed by atoms with E-state index in [1.807, 2.05) is 6.08 Å². The molecule has 5 nitrogen and oxygen atoms in total. The van der Waals surface area contributed by atoms with Crippen molar-refractivity contribution in [2.45, 2.75) is 59.3 Å². The van der Waals surface area contributed by atoms with Gasteiger partial charge in [0.15, 0.2) is 11.6 Å². The molecule has 0 bridgehead atoms. The van der Waals surface area contributed by atoms with Crippen LogP contribution in [0.25, 0.3) is 0 Å². The zero-order chi connectivity index (χ0) is 21.0. The van der Waals surface area contributed by atoms with Crippen LogP contribution < -0.4 is 0 Å². The van der Waals surface area contributed by atoms with Gasteiger partial charge >= 0.3 is 5.97 Å². The number of allylic oxidation sites excluding steroid dienone is 4. The Morgan fingerprint density at radius 2 is 1.93 bits per heavy atom. The summed E-state index contributed by atoms with van der Waals surface area (Å²) in [5.74, 6) is 0.0164. The lowest BCUT2D eigenvalue weighted by molar-refractivity contribution is -0.153. The first-order valence-electron chi connectivity index (χ1n) is 10.9. The van der Waals surface area contributed by atoms with Crippen molar-refractivity contribution in [2.75, 3.05) is 6.61 Å². The molecule has 0 spiro atoms. The second kappa shape index (κ2) is 7.03. The van der Waals surface area contributed by atoms with Gasteiger partial charge in [-0.15, -0.1) is 0 Å². The largest absolute Gasteiger partial charge is 0.458 e. The van der Waals surface area contributed by atoms with E-state index in [9.17, 15) is 19.2 Å². The summed E-state index contributed by atoms with van der Waals surface area (Å²) in [7, 11) is 0. The Morgan fingerprint density at radius 1 is 1.17 bits per heavy atom. The van der Waals surface area contributed by atoms with Crippen molar-refractivity contribution in [2.24, 2.45) is 34.5 Å². The first-order chi connectivity index (χ1) is 13.7. The summed E-state index contributed by atoms with van der Waals surface area (Å²) >= 11 is 0. The van der Waals surface area contributed by atoms with E-state index in [1.54, 1.807) is 19.1 Å². The minimum Gasteiger partial charge on any atom is -0.458 e. The van der Waals surface area contributed by atoms with E-state index < -0.39 is 0 Å². The molecule has 6 atom stereocenters. The fraction of sp³-hybridized carbons (Fsp3) is 0.667. The van der Waals surface area contributed by atoms with E-state index in [4.69, 9.17) is 4.74 Å². The van der Waals surface area contributed by atoms with Gasteiger partial charge in [0.25, 0.3) is 0 Å². The summed E-state index contributed by atoms with van der Waals surface area (Å²) in [5, 5.41) is 0. The van der Waals surface area contributed by atoms with Gasteiger partial charge in [-0.1, -0.05) is 32.4 Å². The van der Waals surface area contributed by atoms with Crippen molar-refractivity contribution in [3.8, 4) is 0 Å². The van der Waals surface area contributed by atoms with Gasteiger partial charge in [0, 0.05) is 30.1 Å². The summed E-state index contributed by atoms with van der Waals surface area (Å²) in [6.07, 6.45) is 9.34. The van der Waals surface area contributed by atoms with Crippen LogP contribution in [0.2, 0.25) is 0 Å². The molecule has 0 radical (unpaired) electrons. The van der Waals surface area contributed by atoms with Crippen LogP contribution in [0.3, 0.4) is 0 Å². The Morgan fingerprint density at radius 3 is 2.66 bits per heavy atom. The third-order valence-corrected chi connectivity index (χ3v) is 8.30. The quantitative estimate of drug-likeness (QED) is 0.676. The number of esters is 1. The lowest BCUT2D eigenvalue weighted by atomic mass is 9.47. The summed E-state index contributed by atoms with van der Waals surface area (Å²) in [6, 6.07) is 0. The van der Waals surface area contributed by atoms with E-state index in [2.05, 4.69) is 13.8 Å². The van der Waals surface area contributed by atoms with E-state index in [0.717, 1.165) is 31.3 Å². The fourth-order valence-corrected chi connectivity index (χ4v) is 6.91. The highest BCUT2D eigenvalue weighted by Gasteiger charge is 2.62. The minimum absolute atomic E-state index is 0.0113. The molecule has 3 saturated carbocycles. The van der Waals surface area contributed by atoms with Gasteiger partial charge in [0.1, 0.15) is 12.4 Å². The number of Topliss-reactive ketones (excluding diaryl/α,β-unsaturated/α-hetero) is 2. The maximum Gasteiger partial charge on any atom is 0.305 e. The van der Waals surface area contributed by atoms with Crippen LogP contribution >= 0.6 is 0 Å². The van der Waals surface area contributed by atoms with Crippen molar-refractivity contribution >= 4 is 23.3 Å². The molecule has 6 unspecified atom stereocenters. The molecule has 4 rings (SSSR count). The number of hydrogen-bond acceptors (Lipinski definition) is 5. The summed E-state index contributed by atoms with van der Waals surface area (Å²) < 4.78 is 5.10. The molecule has 0 heterocycles. The topological polar surface area (TPSA) is 77.5 Å². The minimum atomic E-state index is -0.381. The second-order valence-corrected chi connectivity index (χ2v) is 9.73. The summed E-state index contributed by atoms with van der Waals surface area (Å²) in [4.78, 5) is 49.7. The monoisotopic (exact) mass is 398 g/mol. The van der Waals surface area contributed by atoms with Crippen molar-refractivity contribution in [1.82, 2.24) is 0 Å². The second-order valence-electron chi connectivity index (χ2n) is 9.73. The van der Waals surface area contributed by atoms with Gasteiger partial charge in [0.05, 0.1) is 0 Å². The molecule has 0 aliphatic heterocycles. The number of fused-ring (bicyclic) bond motifs is 5. The Bertz CT molecular complexity index is 836. The molecular weight excluding hydrogens is 368 g/mol. The van der Waals surface area contributed by atoms with Crippen LogP contribution in [-0.2, 0) is 23.9 Å². The average Bonchev–Trinajstić information content (AvgIpc) is 3.02. The molecule has 0 aromatic carbocycles. The van der Waals surface area contributed by atoms with Crippen LogP contribution in [0.4, 0.5) is 0 Å². The third kappa shape index (κ3) is 3.04.